The number of allylic oxidation sites excluding steroid dienone is 3. The number of benzene rings is 2. The van der Waals surface area contributed by atoms with Crippen molar-refractivity contribution in [2.24, 2.45) is 0 Å². The van der Waals surface area contributed by atoms with Crippen molar-refractivity contribution in [3.8, 4) is 5.75 Å². The second-order valence-corrected chi connectivity index (χ2v) is 8.35. The summed E-state index contributed by atoms with van der Waals surface area (Å²) in [7, 11) is 0. The van der Waals surface area contributed by atoms with Gasteiger partial charge in [-0.1, -0.05) is 51.8 Å². The zero-order valence-electron chi connectivity index (χ0n) is 23.1. The summed E-state index contributed by atoms with van der Waals surface area (Å²) in [5.41, 5.74) is 2.97. The Kier molecular flexibility index (Phi) is 13.4. The number of hydrogen-bond donors (Lipinski definition) is 0. The molecule has 0 N–H and O–H groups in total. The largest absolute Gasteiger partial charge is 0.494 e. The lowest BCUT2D eigenvalue weighted by Crippen LogP contribution is -2.06. The molecule has 7 heteroatoms. The van der Waals surface area contributed by atoms with Gasteiger partial charge >= 0.3 is 17.9 Å². The Balaban J connectivity index is 0.00000274. The highest BCUT2D eigenvalue weighted by molar-refractivity contribution is 5.91. The molecule has 0 aromatic heterocycles. The molecule has 40 heavy (non-hydrogen) atoms. The fourth-order valence-electron chi connectivity index (χ4n) is 3.48. The van der Waals surface area contributed by atoms with Gasteiger partial charge < -0.3 is 18.9 Å². The third-order valence-electron chi connectivity index (χ3n) is 5.47. The molecule has 3 rings (SSSR count). The molecular formula is C33H36O7. The van der Waals surface area contributed by atoms with Crippen LogP contribution in [-0.2, 0) is 25.4 Å². The minimum absolute atomic E-state index is 0.0604. The molecule has 0 fully saturated rings. The summed E-state index contributed by atoms with van der Waals surface area (Å²) < 4.78 is 21.0. The van der Waals surface area contributed by atoms with Crippen molar-refractivity contribution < 1.29 is 33.3 Å². The Morgan fingerprint density at radius 1 is 0.850 bits per heavy atom. The molecule has 7 nitrogen and oxygen atoms in total. The predicted molar refractivity (Wildman–Crippen MR) is 156 cm³/mol. The maximum absolute atomic E-state index is 12.4. The fourth-order valence-corrected chi connectivity index (χ4v) is 3.48. The summed E-state index contributed by atoms with van der Waals surface area (Å²) >= 11 is 0. The van der Waals surface area contributed by atoms with Gasteiger partial charge in [-0.15, -0.1) is 0 Å². The van der Waals surface area contributed by atoms with Gasteiger partial charge in [-0.25, -0.2) is 14.4 Å². The summed E-state index contributed by atoms with van der Waals surface area (Å²) in [6.07, 6.45) is 11.3. The predicted octanol–water partition coefficient (Wildman–Crippen LogP) is 7.16. The zero-order valence-corrected chi connectivity index (χ0v) is 23.1. The maximum Gasteiger partial charge on any atom is 0.343 e. The lowest BCUT2D eigenvalue weighted by molar-refractivity contribution is -0.137. The van der Waals surface area contributed by atoms with E-state index in [0.29, 0.717) is 42.9 Å². The number of fused-ring (bicyclic) bond motifs is 1. The fraction of sp³-hybridized carbons (Fsp3) is 0.242. The maximum atomic E-state index is 12.4. The van der Waals surface area contributed by atoms with E-state index in [1.807, 2.05) is 32.1 Å². The first-order chi connectivity index (χ1) is 19.4. The minimum atomic E-state index is -0.596. The Bertz CT molecular complexity index is 1270. The molecule has 0 radical (unpaired) electrons. The third kappa shape index (κ3) is 10.6. The van der Waals surface area contributed by atoms with Crippen LogP contribution in [0.5, 0.6) is 5.75 Å². The van der Waals surface area contributed by atoms with Crippen molar-refractivity contribution in [3.05, 3.63) is 120 Å². The minimum Gasteiger partial charge on any atom is -0.494 e. The molecule has 210 valence electrons. The highest BCUT2D eigenvalue weighted by atomic mass is 16.5. The Hall–Kier alpha value is -4.65. The van der Waals surface area contributed by atoms with Crippen molar-refractivity contribution in [2.45, 2.75) is 39.5 Å². The van der Waals surface area contributed by atoms with Gasteiger partial charge in [0.25, 0.3) is 0 Å². The van der Waals surface area contributed by atoms with Crippen LogP contribution in [0.1, 0.15) is 65.0 Å². The number of rotatable bonds is 13. The molecule has 0 aliphatic heterocycles. The molecule has 2 aromatic carbocycles. The van der Waals surface area contributed by atoms with Crippen LogP contribution < -0.4 is 4.74 Å². The smallest absolute Gasteiger partial charge is 0.343 e. The van der Waals surface area contributed by atoms with Gasteiger partial charge in [-0.3, -0.25) is 0 Å². The van der Waals surface area contributed by atoms with E-state index < -0.39 is 17.9 Å². The van der Waals surface area contributed by atoms with Crippen LogP contribution in [0.25, 0.3) is 6.08 Å². The molecule has 0 atom stereocenters. The van der Waals surface area contributed by atoms with Crippen LogP contribution in [0.3, 0.4) is 0 Å². The average Bonchev–Trinajstić information content (AvgIpc) is 2.98. The zero-order chi connectivity index (χ0) is 29.3. The highest BCUT2D eigenvalue weighted by Crippen LogP contribution is 2.21. The van der Waals surface area contributed by atoms with Crippen molar-refractivity contribution in [3.63, 3.8) is 0 Å². The topological polar surface area (TPSA) is 88.1 Å². The van der Waals surface area contributed by atoms with E-state index in [0.717, 1.165) is 30.0 Å². The van der Waals surface area contributed by atoms with Crippen molar-refractivity contribution in [2.75, 3.05) is 13.2 Å². The van der Waals surface area contributed by atoms with Crippen molar-refractivity contribution in [1.29, 1.82) is 0 Å². The third-order valence-corrected chi connectivity index (χ3v) is 5.47. The van der Waals surface area contributed by atoms with Gasteiger partial charge in [0, 0.05) is 6.08 Å². The van der Waals surface area contributed by atoms with E-state index in [9.17, 15) is 14.4 Å². The van der Waals surface area contributed by atoms with Gasteiger partial charge in [0.1, 0.15) is 17.3 Å². The second kappa shape index (κ2) is 17.0. The standard InChI is InChI=1S/C31H30O7.C2H6/c1-4-29(32)36-20-8-7-19-35-28-17-15-25(16-18-28)30(33)37-22(2)11-12-23(3)38-31(34)27-14-13-24-9-5-6-10-26(24)21-27;1-2/h4-5,9,11-18,21H,1-3,6-8,10,19-20H2;1-2H3/b12-11-;. The lowest BCUT2D eigenvalue weighted by atomic mass is 9.95. The first-order valence-corrected chi connectivity index (χ1v) is 13.2. The number of unbranched alkanes of at least 4 members (excludes halogenated alkanes) is 1. The van der Waals surface area contributed by atoms with Crippen LogP contribution in [0, 0.1) is 0 Å². The van der Waals surface area contributed by atoms with E-state index in [1.165, 1.54) is 12.2 Å². The normalized spacial score (nSPS) is 11.3. The van der Waals surface area contributed by atoms with Crippen LogP contribution in [0.4, 0.5) is 0 Å². The Labute approximate surface area is 236 Å². The van der Waals surface area contributed by atoms with Crippen LogP contribution in [0.15, 0.2) is 98.0 Å². The van der Waals surface area contributed by atoms with Gasteiger partial charge in [-0.05, 0) is 85.4 Å². The molecule has 0 saturated carbocycles. The first kappa shape index (κ1) is 31.6. The number of carbonyl (C=O) groups excluding carboxylic acids is 3. The van der Waals surface area contributed by atoms with E-state index in [2.05, 4.69) is 25.8 Å². The molecule has 0 saturated heterocycles. The SMILES string of the molecule is C=CC(=O)OCCCCOc1ccc(C(=O)OC(=C)/C=C\C(=C)OC(=O)c2ccc3c(c2)CCC=C3)cc1.CC. The van der Waals surface area contributed by atoms with Crippen molar-refractivity contribution in [1.82, 2.24) is 0 Å². The molecule has 0 bridgehead atoms. The number of hydrogen-bond acceptors (Lipinski definition) is 7. The summed E-state index contributed by atoms with van der Waals surface area (Å²) in [6, 6.07) is 11.9. The quantitative estimate of drug-likeness (QED) is 0.0660. The van der Waals surface area contributed by atoms with Gasteiger partial charge in [0.2, 0.25) is 0 Å². The molecule has 1 aliphatic rings. The molecule has 0 heterocycles. The van der Waals surface area contributed by atoms with E-state index >= 15 is 0 Å². The molecule has 1 aliphatic carbocycles. The number of ether oxygens (including phenoxy) is 4. The first-order valence-electron chi connectivity index (χ1n) is 13.2. The van der Waals surface area contributed by atoms with Crippen LogP contribution in [-0.4, -0.2) is 31.1 Å². The van der Waals surface area contributed by atoms with Crippen molar-refractivity contribution >= 4 is 24.0 Å². The van der Waals surface area contributed by atoms with Gasteiger partial charge in [0.15, 0.2) is 0 Å². The van der Waals surface area contributed by atoms with Crippen LogP contribution in [0.2, 0.25) is 0 Å². The second-order valence-electron chi connectivity index (χ2n) is 8.35. The Morgan fingerprint density at radius 3 is 2.10 bits per heavy atom. The molecule has 0 unspecified atom stereocenters. The summed E-state index contributed by atoms with van der Waals surface area (Å²) in [6.45, 7) is 15.5. The van der Waals surface area contributed by atoms with Crippen LogP contribution >= 0.6 is 0 Å². The van der Waals surface area contributed by atoms with E-state index in [-0.39, 0.29) is 11.5 Å². The molecular weight excluding hydrogens is 508 g/mol. The average molecular weight is 545 g/mol. The molecule has 0 amide bonds. The highest BCUT2D eigenvalue weighted by Gasteiger charge is 2.13. The Morgan fingerprint density at radius 2 is 1.45 bits per heavy atom. The van der Waals surface area contributed by atoms with E-state index in [4.69, 9.17) is 18.9 Å². The van der Waals surface area contributed by atoms with Gasteiger partial charge in [0.05, 0.1) is 24.3 Å². The number of esters is 3. The molecule has 0 spiro atoms. The number of carbonyl (C=O) groups is 3. The number of aryl methyl sites for hydroxylation is 1. The van der Waals surface area contributed by atoms with E-state index in [1.54, 1.807) is 30.3 Å². The molecule has 2 aromatic rings. The lowest BCUT2D eigenvalue weighted by Gasteiger charge is -2.12. The summed E-state index contributed by atoms with van der Waals surface area (Å²) in [5, 5.41) is 0. The summed E-state index contributed by atoms with van der Waals surface area (Å²) in [4.78, 5) is 35.8. The monoisotopic (exact) mass is 544 g/mol. The van der Waals surface area contributed by atoms with Gasteiger partial charge in [-0.2, -0.15) is 0 Å². The summed E-state index contributed by atoms with van der Waals surface area (Å²) in [5.74, 6) is -0.815.